The number of thiocarbonyl (C=S) groups is 1. The summed E-state index contributed by atoms with van der Waals surface area (Å²) in [5, 5.41) is 14.5. The highest BCUT2D eigenvalue weighted by atomic mass is 32.1. The van der Waals surface area contributed by atoms with Crippen LogP contribution in [-0.2, 0) is 9.59 Å². The summed E-state index contributed by atoms with van der Waals surface area (Å²) in [7, 11) is 1.36. The van der Waals surface area contributed by atoms with E-state index in [1.807, 2.05) is 0 Å². The van der Waals surface area contributed by atoms with Crippen molar-refractivity contribution in [3.8, 4) is 17.2 Å². The zero-order valence-electron chi connectivity index (χ0n) is 11.5. The van der Waals surface area contributed by atoms with E-state index >= 15 is 0 Å². The van der Waals surface area contributed by atoms with Crippen LogP contribution in [0.3, 0.4) is 0 Å². The van der Waals surface area contributed by atoms with E-state index in [1.165, 1.54) is 25.3 Å². The van der Waals surface area contributed by atoms with Crippen LogP contribution < -0.4 is 20.1 Å². The Morgan fingerprint density at radius 1 is 1.23 bits per heavy atom. The van der Waals surface area contributed by atoms with Gasteiger partial charge in [0.1, 0.15) is 5.57 Å². The number of phenolic OH excluding ortho intramolecular Hbond substituents is 1. The Hall–Kier alpha value is -2.87. The number of carbonyl (C=O) groups is 2. The zero-order valence-corrected chi connectivity index (χ0v) is 12.3. The molecule has 2 amide bonds. The van der Waals surface area contributed by atoms with E-state index in [9.17, 15) is 14.7 Å². The molecule has 0 atom stereocenters. The van der Waals surface area contributed by atoms with E-state index in [4.69, 9.17) is 21.7 Å². The molecular weight excluding hydrogens is 308 g/mol. The Labute approximate surface area is 131 Å². The highest BCUT2D eigenvalue weighted by Crippen LogP contribution is 2.38. The third-order valence-corrected chi connectivity index (χ3v) is 2.95. The first-order chi connectivity index (χ1) is 10.5. The summed E-state index contributed by atoms with van der Waals surface area (Å²) in [5.41, 5.74) is 0.283. The van der Waals surface area contributed by atoms with E-state index in [0.29, 0.717) is 5.56 Å². The maximum absolute atomic E-state index is 11.8. The number of carbonyl (C=O) groups excluding carboxylic acids is 2. The molecule has 1 aliphatic heterocycles. The quantitative estimate of drug-likeness (QED) is 0.329. The number of hydrogen-bond donors (Lipinski definition) is 3. The smallest absolute Gasteiger partial charge is 0.263 e. The molecule has 1 saturated heterocycles. The van der Waals surface area contributed by atoms with Crippen LogP contribution in [-0.4, -0.2) is 29.1 Å². The lowest BCUT2D eigenvalue weighted by molar-refractivity contribution is -0.123. The number of amides is 2. The van der Waals surface area contributed by atoms with Crippen LogP contribution in [0.4, 0.5) is 0 Å². The highest BCUT2D eigenvalue weighted by molar-refractivity contribution is 7.80. The minimum absolute atomic E-state index is 0.0499. The summed E-state index contributed by atoms with van der Waals surface area (Å²) in [6.45, 7) is 3.40. The summed E-state index contributed by atoms with van der Waals surface area (Å²) in [6.07, 6.45) is 2.45. The van der Waals surface area contributed by atoms with Gasteiger partial charge in [-0.25, -0.2) is 0 Å². The van der Waals surface area contributed by atoms with Crippen molar-refractivity contribution in [1.29, 1.82) is 0 Å². The lowest BCUT2D eigenvalue weighted by Crippen LogP contribution is -2.51. The van der Waals surface area contributed by atoms with Crippen LogP contribution in [0.15, 0.2) is 30.5 Å². The fourth-order valence-corrected chi connectivity index (χ4v) is 1.98. The summed E-state index contributed by atoms with van der Waals surface area (Å²) in [4.78, 5) is 23.6. The average molecular weight is 320 g/mol. The maximum atomic E-state index is 11.8. The highest BCUT2D eigenvalue weighted by Gasteiger charge is 2.26. The van der Waals surface area contributed by atoms with Crippen LogP contribution in [0.1, 0.15) is 5.56 Å². The molecule has 1 fully saturated rings. The van der Waals surface area contributed by atoms with Crippen LogP contribution in [0, 0.1) is 0 Å². The molecule has 1 heterocycles. The molecule has 0 aliphatic carbocycles. The average Bonchev–Trinajstić information content (AvgIpc) is 2.46. The number of rotatable bonds is 4. The van der Waals surface area contributed by atoms with Gasteiger partial charge < -0.3 is 14.6 Å². The Kier molecular flexibility index (Phi) is 4.42. The lowest BCUT2D eigenvalue weighted by atomic mass is 10.1. The molecule has 1 aromatic carbocycles. The van der Waals surface area contributed by atoms with Crippen LogP contribution >= 0.6 is 12.2 Å². The van der Waals surface area contributed by atoms with Gasteiger partial charge in [-0.3, -0.25) is 20.2 Å². The molecular formula is C14H12N2O5S. The number of benzene rings is 1. The van der Waals surface area contributed by atoms with Crippen LogP contribution in [0.5, 0.6) is 17.2 Å². The van der Waals surface area contributed by atoms with E-state index < -0.39 is 11.8 Å². The van der Waals surface area contributed by atoms with Gasteiger partial charge in [-0.2, -0.15) is 0 Å². The summed E-state index contributed by atoms with van der Waals surface area (Å²) < 4.78 is 10.1. The number of nitrogens with one attached hydrogen (secondary N) is 2. The molecule has 1 aliphatic rings. The van der Waals surface area contributed by atoms with E-state index in [2.05, 4.69) is 17.2 Å². The fourth-order valence-electron chi connectivity index (χ4n) is 1.79. The van der Waals surface area contributed by atoms with Crippen molar-refractivity contribution in [3.05, 3.63) is 36.1 Å². The molecule has 0 saturated carbocycles. The molecule has 0 spiro atoms. The Bertz CT molecular complexity index is 689. The fraction of sp³-hybridized carbons (Fsp3) is 0.0714. The summed E-state index contributed by atoms with van der Waals surface area (Å²) in [6, 6.07) is 2.88. The molecule has 0 unspecified atom stereocenters. The number of methoxy groups -OCH3 is 1. The molecule has 114 valence electrons. The Morgan fingerprint density at radius 2 is 1.82 bits per heavy atom. The predicted molar refractivity (Wildman–Crippen MR) is 82.3 cm³/mol. The Balaban J connectivity index is 2.48. The number of phenols is 1. The first-order valence-electron chi connectivity index (χ1n) is 6.03. The normalized spacial score (nSPS) is 14.0. The van der Waals surface area contributed by atoms with E-state index in [-0.39, 0.29) is 27.9 Å². The second-order valence-electron chi connectivity index (χ2n) is 4.15. The number of ether oxygens (including phenoxy) is 2. The topological polar surface area (TPSA) is 96.9 Å². The standard InChI is InChI=1S/C14H12N2O5S/c1-3-21-10-6-7(5-9(20-2)11(10)17)4-8-12(18)15-14(22)16-13(8)19/h3-6,17H,1H2,2H3,(H2,15,16,18,19,22). The number of hydrogen-bond acceptors (Lipinski definition) is 6. The summed E-state index contributed by atoms with van der Waals surface area (Å²) >= 11 is 4.71. The molecule has 22 heavy (non-hydrogen) atoms. The SMILES string of the molecule is C=COc1cc(C=C2C(=O)NC(=S)NC2=O)cc(OC)c1O. The van der Waals surface area contributed by atoms with Gasteiger partial charge in [-0.05, 0) is 36.0 Å². The van der Waals surface area contributed by atoms with Gasteiger partial charge in [0.25, 0.3) is 11.8 Å². The lowest BCUT2D eigenvalue weighted by Gasteiger charge is -2.16. The van der Waals surface area contributed by atoms with Crippen molar-refractivity contribution in [2.75, 3.05) is 7.11 Å². The number of aromatic hydroxyl groups is 1. The predicted octanol–water partition coefficient (Wildman–Crippen LogP) is 0.837. The molecule has 0 radical (unpaired) electrons. The van der Waals surface area contributed by atoms with Crippen molar-refractivity contribution in [1.82, 2.24) is 10.6 Å². The monoisotopic (exact) mass is 320 g/mol. The minimum Gasteiger partial charge on any atom is -0.502 e. The second-order valence-corrected chi connectivity index (χ2v) is 4.56. The van der Waals surface area contributed by atoms with Crippen LogP contribution in [0.2, 0.25) is 0 Å². The van der Waals surface area contributed by atoms with Gasteiger partial charge in [0, 0.05) is 0 Å². The molecule has 0 aromatic heterocycles. The van der Waals surface area contributed by atoms with E-state index in [1.54, 1.807) is 0 Å². The molecule has 0 bridgehead atoms. The first kappa shape index (κ1) is 15.5. The maximum Gasteiger partial charge on any atom is 0.263 e. The third kappa shape index (κ3) is 3.07. The zero-order chi connectivity index (χ0) is 16.3. The van der Waals surface area contributed by atoms with Gasteiger partial charge in [0.05, 0.1) is 13.4 Å². The third-order valence-electron chi connectivity index (χ3n) is 2.75. The molecule has 1 aromatic rings. The van der Waals surface area contributed by atoms with Gasteiger partial charge in [0.2, 0.25) is 5.75 Å². The van der Waals surface area contributed by atoms with Crippen molar-refractivity contribution in [2.24, 2.45) is 0 Å². The largest absolute Gasteiger partial charge is 0.502 e. The van der Waals surface area contributed by atoms with Crippen molar-refractivity contribution in [2.45, 2.75) is 0 Å². The van der Waals surface area contributed by atoms with Crippen LogP contribution in [0.25, 0.3) is 6.08 Å². The van der Waals surface area contributed by atoms with Crippen molar-refractivity contribution >= 4 is 35.2 Å². The summed E-state index contributed by atoms with van der Waals surface area (Å²) in [5.74, 6) is -1.26. The molecule has 7 nitrogen and oxygen atoms in total. The second kappa shape index (κ2) is 6.27. The molecule has 2 rings (SSSR count). The Morgan fingerprint density at radius 3 is 2.36 bits per heavy atom. The minimum atomic E-state index is -0.619. The van der Waals surface area contributed by atoms with Gasteiger partial charge in [0.15, 0.2) is 16.6 Å². The van der Waals surface area contributed by atoms with E-state index in [0.717, 1.165) is 6.26 Å². The van der Waals surface area contributed by atoms with Crippen molar-refractivity contribution in [3.63, 3.8) is 0 Å². The van der Waals surface area contributed by atoms with Gasteiger partial charge in [-0.15, -0.1) is 0 Å². The molecule has 3 N–H and O–H groups in total. The van der Waals surface area contributed by atoms with Crippen molar-refractivity contribution < 1.29 is 24.2 Å². The molecule has 8 heteroatoms. The van der Waals surface area contributed by atoms with Gasteiger partial charge in [-0.1, -0.05) is 6.58 Å². The van der Waals surface area contributed by atoms with Gasteiger partial charge >= 0.3 is 0 Å². The first-order valence-corrected chi connectivity index (χ1v) is 6.44.